The summed E-state index contributed by atoms with van der Waals surface area (Å²) in [6.07, 6.45) is 4.89. The fourth-order valence-corrected chi connectivity index (χ4v) is 2.32. The molecule has 1 atom stereocenters. The average molecular weight is 257 g/mol. The largest absolute Gasteiger partial charge is 0.303 e. The molecule has 0 aliphatic carbocycles. The van der Waals surface area contributed by atoms with Crippen LogP contribution < -0.4 is 5.32 Å². The number of carbonyl (C=O) groups is 3. The molecule has 1 aliphatic heterocycles. The van der Waals surface area contributed by atoms with Gasteiger partial charge in [-0.25, -0.2) is 4.98 Å². The van der Waals surface area contributed by atoms with Gasteiger partial charge in [-0.15, -0.1) is 0 Å². The molecule has 2 amide bonds. The van der Waals surface area contributed by atoms with E-state index in [9.17, 15) is 14.4 Å². The number of carbonyl (C=O) groups excluding carboxylic acids is 3. The second-order valence-corrected chi connectivity index (χ2v) is 4.49. The number of rotatable bonds is 2. The zero-order valence-corrected chi connectivity index (χ0v) is 10.00. The molecule has 0 radical (unpaired) electrons. The molecule has 6 heteroatoms. The van der Waals surface area contributed by atoms with Crippen molar-refractivity contribution in [1.29, 1.82) is 0 Å². The molecule has 0 aromatic carbocycles. The third-order valence-corrected chi connectivity index (χ3v) is 3.30. The molecule has 1 fully saturated rings. The highest BCUT2D eigenvalue weighted by molar-refractivity contribution is 6.00. The van der Waals surface area contributed by atoms with E-state index in [2.05, 4.69) is 10.3 Å². The molecule has 1 aliphatic rings. The van der Waals surface area contributed by atoms with Gasteiger partial charge in [-0.2, -0.15) is 0 Å². The number of nitrogens with zero attached hydrogens (tertiary/aromatic N) is 2. The van der Waals surface area contributed by atoms with Gasteiger partial charge in [0.2, 0.25) is 11.8 Å². The van der Waals surface area contributed by atoms with Crippen LogP contribution in [0, 0.1) is 0 Å². The standard InChI is InChI=1S/C13H11N3O3/c17-7-8-3-4-16-10(6-14-11(16)5-8)9-1-2-12(18)15-13(9)19/h3-7,9H,1-2H2,(H,15,18,19). The van der Waals surface area contributed by atoms with Gasteiger partial charge in [0, 0.05) is 24.4 Å². The van der Waals surface area contributed by atoms with E-state index in [-0.39, 0.29) is 17.7 Å². The Morgan fingerprint density at radius 3 is 3.00 bits per heavy atom. The quantitative estimate of drug-likeness (QED) is 0.633. The Kier molecular flexibility index (Phi) is 2.63. The molecular weight excluding hydrogens is 246 g/mol. The molecule has 3 rings (SSSR count). The summed E-state index contributed by atoms with van der Waals surface area (Å²) in [6, 6.07) is 3.32. The minimum atomic E-state index is -0.380. The van der Waals surface area contributed by atoms with E-state index < -0.39 is 0 Å². The fourth-order valence-electron chi connectivity index (χ4n) is 2.32. The molecule has 0 bridgehead atoms. The predicted octanol–water partition coefficient (Wildman–Crippen LogP) is 0.667. The van der Waals surface area contributed by atoms with Crippen LogP contribution in [0.4, 0.5) is 0 Å². The van der Waals surface area contributed by atoms with E-state index in [1.807, 2.05) is 0 Å². The van der Waals surface area contributed by atoms with Crippen molar-refractivity contribution in [3.63, 3.8) is 0 Å². The van der Waals surface area contributed by atoms with E-state index >= 15 is 0 Å². The summed E-state index contributed by atoms with van der Waals surface area (Å²) in [4.78, 5) is 37.9. The van der Waals surface area contributed by atoms with Crippen molar-refractivity contribution in [1.82, 2.24) is 14.7 Å². The summed E-state index contributed by atoms with van der Waals surface area (Å²) in [5, 5.41) is 2.33. The van der Waals surface area contributed by atoms with Crippen LogP contribution in [-0.2, 0) is 9.59 Å². The van der Waals surface area contributed by atoms with Crippen molar-refractivity contribution in [3.05, 3.63) is 35.8 Å². The Morgan fingerprint density at radius 2 is 2.26 bits per heavy atom. The number of hydrogen-bond donors (Lipinski definition) is 1. The van der Waals surface area contributed by atoms with Crippen molar-refractivity contribution >= 4 is 23.7 Å². The van der Waals surface area contributed by atoms with Crippen molar-refractivity contribution in [2.45, 2.75) is 18.8 Å². The van der Waals surface area contributed by atoms with Crippen molar-refractivity contribution in [2.75, 3.05) is 0 Å². The molecule has 0 spiro atoms. The van der Waals surface area contributed by atoms with E-state index in [4.69, 9.17) is 0 Å². The van der Waals surface area contributed by atoms with E-state index in [1.165, 1.54) is 0 Å². The second kappa shape index (κ2) is 4.31. The van der Waals surface area contributed by atoms with Gasteiger partial charge < -0.3 is 4.40 Å². The number of amides is 2. The molecular formula is C13H11N3O3. The lowest BCUT2D eigenvalue weighted by Gasteiger charge is -2.20. The van der Waals surface area contributed by atoms with Crippen molar-refractivity contribution in [2.24, 2.45) is 0 Å². The number of fused-ring (bicyclic) bond motifs is 1. The topological polar surface area (TPSA) is 80.5 Å². The fraction of sp³-hybridized carbons (Fsp3) is 0.231. The van der Waals surface area contributed by atoms with E-state index in [0.29, 0.717) is 24.1 Å². The maximum Gasteiger partial charge on any atom is 0.235 e. The SMILES string of the molecule is O=Cc1ccn2c(C3CCC(=O)NC3=O)cnc2c1. The third-order valence-electron chi connectivity index (χ3n) is 3.30. The zero-order chi connectivity index (χ0) is 13.4. The molecule has 1 N–H and O–H groups in total. The van der Waals surface area contributed by atoms with Crippen LogP contribution in [0.3, 0.4) is 0 Å². The molecule has 1 saturated heterocycles. The number of aldehydes is 1. The van der Waals surface area contributed by atoms with Crippen LogP contribution in [0.15, 0.2) is 24.5 Å². The summed E-state index contributed by atoms with van der Waals surface area (Å²) in [7, 11) is 0. The van der Waals surface area contributed by atoms with Crippen LogP contribution >= 0.6 is 0 Å². The summed E-state index contributed by atoms with van der Waals surface area (Å²) in [6.45, 7) is 0. The van der Waals surface area contributed by atoms with Crippen molar-refractivity contribution < 1.29 is 14.4 Å². The van der Waals surface area contributed by atoms with E-state index in [0.717, 1.165) is 12.0 Å². The third kappa shape index (κ3) is 1.91. The Morgan fingerprint density at radius 1 is 1.42 bits per heavy atom. The molecule has 1 unspecified atom stereocenters. The molecule has 19 heavy (non-hydrogen) atoms. The number of imidazole rings is 1. The number of nitrogens with one attached hydrogen (secondary N) is 1. The number of imide groups is 1. The lowest BCUT2D eigenvalue weighted by atomic mass is 9.95. The number of piperidine rings is 1. The van der Waals surface area contributed by atoms with Gasteiger partial charge >= 0.3 is 0 Å². The zero-order valence-electron chi connectivity index (χ0n) is 10.00. The Labute approximate surface area is 108 Å². The van der Waals surface area contributed by atoms with Gasteiger partial charge in [0.15, 0.2) is 0 Å². The first kappa shape index (κ1) is 11.6. The second-order valence-electron chi connectivity index (χ2n) is 4.49. The van der Waals surface area contributed by atoms with Gasteiger partial charge in [0.1, 0.15) is 11.9 Å². The molecule has 3 heterocycles. The van der Waals surface area contributed by atoms with Crippen molar-refractivity contribution in [3.8, 4) is 0 Å². The highest BCUT2D eigenvalue weighted by atomic mass is 16.2. The van der Waals surface area contributed by atoms with Crippen LogP contribution in [0.5, 0.6) is 0 Å². The molecule has 6 nitrogen and oxygen atoms in total. The Bertz CT molecular complexity index is 689. The maximum absolute atomic E-state index is 11.8. The smallest absolute Gasteiger partial charge is 0.235 e. The highest BCUT2D eigenvalue weighted by Crippen LogP contribution is 2.25. The Balaban J connectivity index is 2.03. The van der Waals surface area contributed by atoms with E-state index in [1.54, 1.807) is 28.9 Å². The first-order valence-electron chi connectivity index (χ1n) is 5.95. The van der Waals surface area contributed by atoms with Crippen LogP contribution in [-0.4, -0.2) is 27.5 Å². The van der Waals surface area contributed by atoms with Crippen LogP contribution in [0.2, 0.25) is 0 Å². The number of pyridine rings is 1. The van der Waals surface area contributed by atoms with Gasteiger partial charge in [-0.1, -0.05) is 0 Å². The molecule has 2 aromatic rings. The number of aromatic nitrogens is 2. The molecule has 2 aromatic heterocycles. The summed E-state index contributed by atoms with van der Waals surface area (Å²) >= 11 is 0. The summed E-state index contributed by atoms with van der Waals surface area (Å²) < 4.78 is 1.77. The van der Waals surface area contributed by atoms with Crippen LogP contribution in [0.25, 0.3) is 5.65 Å². The minimum Gasteiger partial charge on any atom is -0.303 e. The average Bonchev–Trinajstić information content (AvgIpc) is 2.81. The summed E-state index contributed by atoms with van der Waals surface area (Å²) in [5.41, 5.74) is 1.88. The summed E-state index contributed by atoms with van der Waals surface area (Å²) in [5.74, 6) is -0.911. The van der Waals surface area contributed by atoms with Gasteiger partial charge in [-0.05, 0) is 18.6 Å². The Hall–Kier alpha value is -2.50. The van der Waals surface area contributed by atoms with Crippen LogP contribution in [0.1, 0.15) is 34.8 Å². The normalized spacial score (nSPS) is 19.5. The first-order chi connectivity index (χ1) is 9.19. The minimum absolute atomic E-state index is 0.238. The lowest BCUT2D eigenvalue weighted by molar-refractivity contribution is -0.134. The lowest BCUT2D eigenvalue weighted by Crippen LogP contribution is -2.39. The molecule has 96 valence electrons. The van der Waals surface area contributed by atoms with Gasteiger partial charge in [-0.3, -0.25) is 19.7 Å². The molecule has 0 saturated carbocycles. The van der Waals surface area contributed by atoms with Gasteiger partial charge in [0.25, 0.3) is 0 Å². The monoisotopic (exact) mass is 257 g/mol. The highest BCUT2D eigenvalue weighted by Gasteiger charge is 2.30. The van der Waals surface area contributed by atoms with Gasteiger partial charge in [0.05, 0.1) is 11.6 Å². The predicted molar refractivity (Wildman–Crippen MR) is 65.7 cm³/mol. The number of hydrogen-bond acceptors (Lipinski definition) is 4. The maximum atomic E-state index is 11.8. The first-order valence-corrected chi connectivity index (χ1v) is 5.95.